The highest BCUT2D eigenvalue weighted by Gasteiger charge is 2.20. The normalized spacial score (nSPS) is 12.9. The Morgan fingerprint density at radius 3 is 3.15 bits per heavy atom. The number of nitrogens with zero attached hydrogens (tertiary/aromatic N) is 4. The number of carbonyl (C=O) groups excluding carboxylic acids is 2. The molecule has 2 aromatic heterocycles. The molecule has 0 saturated carbocycles. The number of carbonyl (C=O) groups is 2. The molecule has 8 nitrogen and oxygen atoms in total. The molecular formula is C17H15N5O3S. The van der Waals surface area contributed by atoms with E-state index in [-0.39, 0.29) is 18.4 Å². The van der Waals surface area contributed by atoms with Gasteiger partial charge in [0.05, 0.1) is 12.2 Å². The highest BCUT2D eigenvalue weighted by molar-refractivity contribution is 7.14. The van der Waals surface area contributed by atoms with Crippen molar-refractivity contribution < 1.29 is 14.3 Å². The summed E-state index contributed by atoms with van der Waals surface area (Å²) in [6.07, 6.45) is 5.25. The lowest BCUT2D eigenvalue weighted by Gasteiger charge is -2.20. The Kier molecular flexibility index (Phi) is 4.13. The van der Waals surface area contributed by atoms with Crippen LogP contribution in [0.2, 0.25) is 0 Å². The number of amides is 2. The molecule has 3 aromatic rings. The van der Waals surface area contributed by atoms with Gasteiger partial charge in [0.25, 0.3) is 11.8 Å². The van der Waals surface area contributed by atoms with Crippen LogP contribution in [0.4, 0.5) is 5.69 Å². The lowest BCUT2D eigenvalue weighted by atomic mass is 10.1. The van der Waals surface area contributed by atoms with Crippen LogP contribution >= 0.6 is 11.3 Å². The zero-order valence-corrected chi connectivity index (χ0v) is 14.7. The summed E-state index contributed by atoms with van der Waals surface area (Å²) in [5.74, 6) is 0.183. The second kappa shape index (κ2) is 6.60. The summed E-state index contributed by atoms with van der Waals surface area (Å²) in [6.45, 7) is 0.419. The predicted octanol–water partition coefficient (Wildman–Crippen LogP) is 1.93. The maximum Gasteiger partial charge on any atom is 0.262 e. The third-order valence-electron chi connectivity index (χ3n) is 3.84. The van der Waals surface area contributed by atoms with Crippen LogP contribution in [0, 0.1) is 0 Å². The van der Waals surface area contributed by atoms with E-state index in [1.807, 2.05) is 12.3 Å². The van der Waals surface area contributed by atoms with Crippen LogP contribution in [0.15, 0.2) is 42.9 Å². The molecule has 0 bridgehead atoms. The SMILES string of the molecule is CN(Cc1cnc(-n2cccn2)s1)C(=O)c1ccc2c(c1)NC(=O)CO2. The molecule has 132 valence electrons. The number of fused-ring (bicyclic) bond motifs is 1. The summed E-state index contributed by atoms with van der Waals surface area (Å²) in [5.41, 5.74) is 0.994. The van der Waals surface area contributed by atoms with Gasteiger partial charge in [-0.3, -0.25) is 9.59 Å². The summed E-state index contributed by atoms with van der Waals surface area (Å²) >= 11 is 1.47. The van der Waals surface area contributed by atoms with Crippen molar-refractivity contribution in [1.82, 2.24) is 19.7 Å². The number of anilines is 1. The van der Waals surface area contributed by atoms with E-state index in [0.717, 1.165) is 10.0 Å². The summed E-state index contributed by atoms with van der Waals surface area (Å²) in [6, 6.07) is 6.84. The first-order valence-electron chi connectivity index (χ1n) is 7.87. The van der Waals surface area contributed by atoms with Crippen LogP contribution < -0.4 is 10.1 Å². The first-order chi connectivity index (χ1) is 12.6. The Bertz CT molecular complexity index is 967. The Balaban J connectivity index is 1.48. The molecule has 1 aliphatic heterocycles. The van der Waals surface area contributed by atoms with Crippen molar-refractivity contribution in [2.24, 2.45) is 0 Å². The maximum atomic E-state index is 12.7. The highest BCUT2D eigenvalue weighted by atomic mass is 32.1. The van der Waals surface area contributed by atoms with Gasteiger partial charge >= 0.3 is 0 Å². The fourth-order valence-electron chi connectivity index (χ4n) is 2.60. The summed E-state index contributed by atoms with van der Waals surface area (Å²) in [5, 5.41) is 7.61. The molecule has 0 saturated heterocycles. The molecule has 1 aliphatic rings. The number of benzene rings is 1. The first kappa shape index (κ1) is 16.3. The van der Waals surface area contributed by atoms with E-state index >= 15 is 0 Å². The van der Waals surface area contributed by atoms with Gasteiger partial charge in [0.2, 0.25) is 5.13 Å². The molecule has 1 aromatic carbocycles. The molecule has 0 aliphatic carbocycles. The van der Waals surface area contributed by atoms with Crippen molar-refractivity contribution in [3.8, 4) is 10.9 Å². The number of thiazole rings is 1. The smallest absolute Gasteiger partial charge is 0.262 e. The largest absolute Gasteiger partial charge is 0.482 e. The van der Waals surface area contributed by atoms with E-state index < -0.39 is 0 Å². The van der Waals surface area contributed by atoms with Crippen molar-refractivity contribution in [2.45, 2.75) is 6.54 Å². The number of nitrogens with one attached hydrogen (secondary N) is 1. The molecule has 9 heteroatoms. The molecule has 26 heavy (non-hydrogen) atoms. The lowest BCUT2D eigenvalue weighted by Crippen LogP contribution is -2.28. The van der Waals surface area contributed by atoms with Crippen LogP contribution in [-0.4, -0.2) is 45.1 Å². The van der Waals surface area contributed by atoms with Crippen molar-refractivity contribution in [3.05, 3.63) is 53.3 Å². The van der Waals surface area contributed by atoms with Gasteiger partial charge in [-0.15, -0.1) is 0 Å². The van der Waals surface area contributed by atoms with E-state index in [4.69, 9.17) is 4.74 Å². The third kappa shape index (κ3) is 3.16. The average molecular weight is 369 g/mol. The summed E-state index contributed by atoms with van der Waals surface area (Å²) in [4.78, 5) is 31.0. The molecule has 4 rings (SSSR count). The van der Waals surface area contributed by atoms with Gasteiger partial charge in [0.15, 0.2) is 6.61 Å². The van der Waals surface area contributed by atoms with Crippen LogP contribution in [-0.2, 0) is 11.3 Å². The molecule has 2 amide bonds. The fourth-order valence-corrected chi connectivity index (χ4v) is 3.51. The van der Waals surface area contributed by atoms with E-state index in [2.05, 4.69) is 15.4 Å². The number of rotatable bonds is 4. The third-order valence-corrected chi connectivity index (χ3v) is 4.81. The predicted molar refractivity (Wildman–Crippen MR) is 95.6 cm³/mol. The van der Waals surface area contributed by atoms with E-state index in [1.165, 1.54) is 11.3 Å². The number of aromatic nitrogens is 3. The molecule has 0 fully saturated rings. The second-order valence-electron chi connectivity index (χ2n) is 5.77. The van der Waals surface area contributed by atoms with E-state index in [0.29, 0.717) is 23.5 Å². The Morgan fingerprint density at radius 2 is 2.35 bits per heavy atom. The van der Waals surface area contributed by atoms with Crippen molar-refractivity contribution >= 4 is 28.8 Å². The number of hydrogen-bond acceptors (Lipinski definition) is 6. The van der Waals surface area contributed by atoms with E-state index in [9.17, 15) is 9.59 Å². The minimum Gasteiger partial charge on any atom is -0.482 e. The zero-order valence-electron chi connectivity index (χ0n) is 13.9. The van der Waals surface area contributed by atoms with E-state index in [1.54, 1.807) is 47.2 Å². The Morgan fingerprint density at radius 1 is 1.46 bits per heavy atom. The standard InChI is InChI=1S/C17H15N5O3S/c1-21(9-12-8-18-17(26-12)22-6-2-5-19-22)16(24)11-3-4-14-13(7-11)20-15(23)10-25-14/h2-8H,9-10H2,1H3,(H,20,23). The Labute approximate surface area is 153 Å². The minimum atomic E-state index is -0.230. The molecule has 0 atom stereocenters. The molecule has 0 spiro atoms. The van der Waals surface area contributed by atoms with Gasteiger partial charge in [0.1, 0.15) is 5.75 Å². The van der Waals surface area contributed by atoms with Crippen LogP contribution in [0.1, 0.15) is 15.2 Å². The number of hydrogen-bond donors (Lipinski definition) is 1. The van der Waals surface area contributed by atoms with Gasteiger partial charge < -0.3 is 15.0 Å². The van der Waals surface area contributed by atoms with Crippen LogP contribution in [0.5, 0.6) is 5.75 Å². The van der Waals surface area contributed by atoms with Crippen molar-refractivity contribution in [1.29, 1.82) is 0 Å². The Hall–Kier alpha value is -3.20. The van der Waals surface area contributed by atoms with Crippen molar-refractivity contribution in [3.63, 3.8) is 0 Å². The van der Waals surface area contributed by atoms with Gasteiger partial charge in [-0.05, 0) is 24.3 Å². The molecule has 3 heterocycles. The second-order valence-corrected chi connectivity index (χ2v) is 6.86. The minimum absolute atomic E-state index is 0.00976. The first-order valence-corrected chi connectivity index (χ1v) is 8.69. The highest BCUT2D eigenvalue weighted by Crippen LogP contribution is 2.29. The van der Waals surface area contributed by atoms with Crippen LogP contribution in [0.25, 0.3) is 5.13 Å². The average Bonchev–Trinajstić information content (AvgIpc) is 3.31. The quantitative estimate of drug-likeness (QED) is 0.759. The molecule has 0 radical (unpaired) electrons. The van der Waals surface area contributed by atoms with Crippen molar-refractivity contribution in [2.75, 3.05) is 19.0 Å². The molecule has 1 N–H and O–H groups in total. The molecule has 0 unspecified atom stereocenters. The monoisotopic (exact) mass is 369 g/mol. The topological polar surface area (TPSA) is 89.4 Å². The lowest BCUT2D eigenvalue weighted by molar-refractivity contribution is -0.118. The molecular weight excluding hydrogens is 354 g/mol. The van der Waals surface area contributed by atoms with Gasteiger partial charge in [-0.1, -0.05) is 11.3 Å². The maximum absolute atomic E-state index is 12.7. The summed E-state index contributed by atoms with van der Waals surface area (Å²) in [7, 11) is 1.73. The van der Waals surface area contributed by atoms with Gasteiger partial charge in [0, 0.05) is 36.1 Å². The van der Waals surface area contributed by atoms with Gasteiger partial charge in [-0.25, -0.2) is 9.67 Å². The number of ether oxygens (including phenoxy) is 1. The van der Waals surface area contributed by atoms with Gasteiger partial charge in [-0.2, -0.15) is 5.10 Å². The fraction of sp³-hybridized carbons (Fsp3) is 0.176. The summed E-state index contributed by atoms with van der Waals surface area (Å²) < 4.78 is 7.00. The zero-order chi connectivity index (χ0) is 18.1. The van der Waals surface area contributed by atoms with Crippen LogP contribution in [0.3, 0.4) is 0 Å².